The molecule has 0 saturated carbocycles. The zero-order valence-electron chi connectivity index (χ0n) is 9.19. The second-order valence-electron chi connectivity index (χ2n) is 3.87. The number of carboxylic acids is 1. The molecule has 17 heavy (non-hydrogen) atoms. The van der Waals surface area contributed by atoms with Crippen molar-refractivity contribution in [3.63, 3.8) is 0 Å². The predicted molar refractivity (Wildman–Crippen MR) is 57.8 cm³/mol. The molecule has 1 aromatic rings. The van der Waals surface area contributed by atoms with E-state index >= 15 is 0 Å². The van der Waals surface area contributed by atoms with Gasteiger partial charge in [-0.1, -0.05) is 6.07 Å². The summed E-state index contributed by atoms with van der Waals surface area (Å²) < 4.78 is 24.0. The van der Waals surface area contributed by atoms with Crippen LogP contribution in [0.25, 0.3) is 0 Å². The van der Waals surface area contributed by atoms with Crippen molar-refractivity contribution >= 4 is 5.97 Å². The molecule has 5 heteroatoms. The van der Waals surface area contributed by atoms with Gasteiger partial charge < -0.3 is 14.6 Å². The summed E-state index contributed by atoms with van der Waals surface area (Å²) in [6.45, 7) is 0.859. The zero-order valence-corrected chi connectivity index (χ0v) is 9.19. The van der Waals surface area contributed by atoms with Crippen molar-refractivity contribution in [1.82, 2.24) is 0 Å². The minimum absolute atomic E-state index is 0.0729. The van der Waals surface area contributed by atoms with E-state index in [1.54, 1.807) is 0 Å². The maximum atomic E-state index is 13.5. The molecule has 0 amide bonds. The quantitative estimate of drug-likeness (QED) is 0.875. The van der Waals surface area contributed by atoms with E-state index in [0.717, 1.165) is 12.8 Å². The van der Waals surface area contributed by atoms with Crippen LogP contribution in [0.2, 0.25) is 0 Å². The van der Waals surface area contributed by atoms with Gasteiger partial charge >= 0.3 is 5.97 Å². The third-order valence-electron chi connectivity index (χ3n) is 2.63. The molecule has 1 atom stereocenters. The van der Waals surface area contributed by atoms with Crippen molar-refractivity contribution in [1.29, 1.82) is 0 Å². The smallest absolute Gasteiger partial charge is 0.339 e. The van der Waals surface area contributed by atoms with Gasteiger partial charge in [-0.2, -0.15) is 0 Å². The highest BCUT2D eigenvalue weighted by Crippen LogP contribution is 2.24. The SMILES string of the molecule is O=C(O)c1cccc(F)c1OCC1CCCO1. The molecule has 92 valence electrons. The Hall–Kier alpha value is -1.62. The second kappa shape index (κ2) is 5.14. The fraction of sp³-hybridized carbons (Fsp3) is 0.417. The van der Waals surface area contributed by atoms with Crippen molar-refractivity contribution in [3.05, 3.63) is 29.6 Å². The first kappa shape index (κ1) is 11.9. The zero-order chi connectivity index (χ0) is 12.3. The lowest BCUT2D eigenvalue weighted by atomic mass is 10.2. The number of ether oxygens (including phenoxy) is 2. The van der Waals surface area contributed by atoms with Gasteiger partial charge in [-0.05, 0) is 25.0 Å². The van der Waals surface area contributed by atoms with Crippen LogP contribution < -0.4 is 4.74 Å². The number of rotatable bonds is 4. The summed E-state index contributed by atoms with van der Waals surface area (Å²) in [4.78, 5) is 10.9. The van der Waals surface area contributed by atoms with Gasteiger partial charge in [0.1, 0.15) is 12.2 Å². The highest BCUT2D eigenvalue weighted by Gasteiger charge is 2.20. The topological polar surface area (TPSA) is 55.8 Å². The van der Waals surface area contributed by atoms with Crippen molar-refractivity contribution in [3.8, 4) is 5.75 Å². The second-order valence-corrected chi connectivity index (χ2v) is 3.87. The molecule has 0 bridgehead atoms. The van der Waals surface area contributed by atoms with Gasteiger partial charge in [0.25, 0.3) is 0 Å². The summed E-state index contributed by atoms with van der Waals surface area (Å²) in [7, 11) is 0. The van der Waals surface area contributed by atoms with Gasteiger partial charge in [-0.25, -0.2) is 9.18 Å². The molecule has 1 N–H and O–H groups in total. The molecule has 1 fully saturated rings. The van der Waals surface area contributed by atoms with Crippen LogP contribution in [0.15, 0.2) is 18.2 Å². The van der Waals surface area contributed by atoms with E-state index in [4.69, 9.17) is 14.6 Å². The average molecular weight is 240 g/mol. The Morgan fingerprint density at radius 3 is 3.06 bits per heavy atom. The van der Waals surface area contributed by atoms with Gasteiger partial charge in [0, 0.05) is 6.61 Å². The maximum absolute atomic E-state index is 13.5. The van der Waals surface area contributed by atoms with Gasteiger partial charge in [0.05, 0.1) is 6.10 Å². The number of para-hydroxylation sites is 1. The molecule has 1 saturated heterocycles. The molecule has 1 heterocycles. The van der Waals surface area contributed by atoms with Crippen molar-refractivity contribution in [2.45, 2.75) is 18.9 Å². The minimum Gasteiger partial charge on any atom is -0.487 e. The first-order valence-corrected chi connectivity index (χ1v) is 5.44. The van der Waals surface area contributed by atoms with Gasteiger partial charge in [0.2, 0.25) is 0 Å². The fourth-order valence-electron chi connectivity index (χ4n) is 1.78. The van der Waals surface area contributed by atoms with E-state index in [2.05, 4.69) is 0 Å². The number of halogens is 1. The van der Waals surface area contributed by atoms with Crippen LogP contribution in [0, 0.1) is 5.82 Å². The van der Waals surface area contributed by atoms with E-state index in [0.29, 0.717) is 6.61 Å². The standard InChI is InChI=1S/C12H13FO4/c13-10-5-1-4-9(12(14)15)11(10)17-7-8-3-2-6-16-8/h1,4-5,8H,2-3,6-7H2,(H,14,15). The molecule has 1 aliphatic rings. The molecule has 0 aromatic heterocycles. The number of aromatic carboxylic acids is 1. The van der Waals surface area contributed by atoms with Crippen LogP contribution >= 0.6 is 0 Å². The predicted octanol–water partition coefficient (Wildman–Crippen LogP) is 2.08. The fourth-order valence-corrected chi connectivity index (χ4v) is 1.78. The lowest BCUT2D eigenvalue weighted by Gasteiger charge is -2.13. The molecule has 1 aromatic carbocycles. The van der Waals surface area contributed by atoms with E-state index in [1.165, 1.54) is 18.2 Å². The first-order chi connectivity index (χ1) is 8.18. The molecular weight excluding hydrogens is 227 g/mol. The Kier molecular flexibility index (Phi) is 3.58. The Morgan fingerprint density at radius 2 is 2.41 bits per heavy atom. The maximum Gasteiger partial charge on any atom is 0.339 e. The molecule has 1 aliphatic heterocycles. The molecule has 0 radical (unpaired) electrons. The van der Waals surface area contributed by atoms with E-state index < -0.39 is 11.8 Å². The van der Waals surface area contributed by atoms with Crippen molar-refractivity contribution in [2.75, 3.05) is 13.2 Å². The van der Waals surface area contributed by atoms with Crippen molar-refractivity contribution in [2.24, 2.45) is 0 Å². The Bertz CT molecular complexity index is 413. The Labute approximate surface area is 98.0 Å². The lowest BCUT2D eigenvalue weighted by Crippen LogP contribution is -2.18. The number of carbonyl (C=O) groups is 1. The highest BCUT2D eigenvalue weighted by atomic mass is 19.1. The first-order valence-electron chi connectivity index (χ1n) is 5.44. The normalized spacial score (nSPS) is 19.2. The summed E-state index contributed by atoms with van der Waals surface area (Å²) in [6, 6.07) is 3.84. The largest absolute Gasteiger partial charge is 0.487 e. The summed E-state index contributed by atoms with van der Waals surface area (Å²) >= 11 is 0. The van der Waals surface area contributed by atoms with Crippen molar-refractivity contribution < 1.29 is 23.8 Å². The molecular formula is C12H13FO4. The molecule has 2 rings (SSSR count). The van der Waals surface area contributed by atoms with E-state index in [-0.39, 0.29) is 24.0 Å². The van der Waals surface area contributed by atoms with Crippen LogP contribution in [-0.2, 0) is 4.74 Å². The van der Waals surface area contributed by atoms with E-state index in [1.807, 2.05) is 0 Å². The van der Waals surface area contributed by atoms with Crippen LogP contribution in [-0.4, -0.2) is 30.4 Å². The van der Waals surface area contributed by atoms with Gasteiger partial charge in [0.15, 0.2) is 11.6 Å². The van der Waals surface area contributed by atoms with Crippen LogP contribution in [0.3, 0.4) is 0 Å². The van der Waals surface area contributed by atoms with Gasteiger partial charge in [-0.3, -0.25) is 0 Å². The summed E-state index contributed by atoms with van der Waals surface area (Å²) in [6.07, 6.45) is 1.74. The Morgan fingerprint density at radius 1 is 1.59 bits per heavy atom. The third kappa shape index (κ3) is 2.74. The third-order valence-corrected chi connectivity index (χ3v) is 2.63. The highest BCUT2D eigenvalue weighted by molar-refractivity contribution is 5.90. The molecule has 4 nitrogen and oxygen atoms in total. The molecule has 0 aliphatic carbocycles. The van der Waals surface area contributed by atoms with Crippen LogP contribution in [0.5, 0.6) is 5.75 Å². The summed E-state index contributed by atoms with van der Waals surface area (Å²) in [5, 5.41) is 8.90. The number of carboxylic acid groups (broad SMARTS) is 1. The van der Waals surface area contributed by atoms with Crippen LogP contribution in [0.4, 0.5) is 4.39 Å². The number of benzene rings is 1. The lowest BCUT2D eigenvalue weighted by molar-refractivity contribution is 0.0618. The molecule has 0 spiro atoms. The molecule has 1 unspecified atom stereocenters. The van der Waals surface area contributed by atoms with E-state index in [9.17, 15) is 9.18 Å². The van der Waals surface area contributed by atoms with Gasteiger partial charge in [-0.15, -0.1) is 0 Å². The number of hydrogen-bond acceptors (Lipinski definition) is 3. The summed E-state index contributed by atoms with van der Waals surface area (Å²) in [5.41, 5.74) is -0.164. The monoisotopic (exact) mass is 240 g/mol. The summed E-state index contributed by atoms with van der Waals surface area (Å²) in [5.74, 6) is -2.08. The number of hydrogen-bond donors (Lipinski definition) is 1. The van der Waals surface area contributed by atoms with Crippen LogP contribution in [0.1, 0.15) is 23.2 Å². The minimum atomic E-state index is -1.20. The average Bonchev–Trinajstić information content (AvgIpc) is 2.80. The Balaban J connectivity index is 2.10.